The Morgan fingerprint density at radius 1 is 1.54 bits per heavy atom. The van der Waals surface area contributed by atoms with Crippen molar-refractivity contribution in [3.8, 4) is 5.75 Å². The quantitative estimate of drug-likeness (QED) is 0.700. The van der Waals surface area contributed by atoms with Crippen molar-refractivity contribution in [2.24, 2.45) is 0 Å². The molecule has 1 aromatic rings. The van der Waals surface area contributed by atoms with Gasteiger partial charge in [0, 0.05) is 11.3 Å². The van der Waals surface area contributed by atoms with Crippen molar-refractivity contribution in [1.29, 1.82) is 0 Å². The first-order valence-corrected chi connectivity index (χ1v) is 4.55. The zero-order valence-corrected chi connectivity index (χ0v) is 8.18. The molecule has 0 saturated carbocycles. The number of hydrogen-bond acceptors (Lipinski definition) is 2. The molecule has 3 heteroatoms. The molecule has 70 valence electrons. The van der Waals surface area contributed by atoms with Gasteiger partial charge in [-0.15, -0.1) is 0 Å². The number of aryl methyl sites for hydroxylation is 1. The van der Waals surface area contributed by atoms with Crippen molar-refractivity contribution in [2.75, 3.05) is 5.75 Å². The van der Waals surface area contributed by atoms with Gasteiger partial charge in [0.25, 0.3) is 0 Å². The van der Waals surface area contributed by atoms with Crippen molar-refractivity contribution in [1.82, 2.24) is 0 Å². The summed E-state index contributed by atoms with van der Waals surface area (Å²) >= 11 is 3.97. The van der Waals surface area contributed by atoms with Gasteiger partial charge in [-0.05, 0) is 24.6 Å². The maximum atomic E-state index is 12.9. The summed E-state index contributed by atoms with van der Waals surface area (Å²) in [6.07, 6.45) is 3.40. The highest BCUT2D eigenvalue weighted by Gasteiger charge is 2.03. The highest BCUT2D eigenvalue weighted by molar-refractivity contribution is 7.80. The molecule has 0 aliphatic heterocycles. The van der Waals surface area contributed by atoms with E-state index in [0.29, 0.717) is 16.9 Å². The fourth-order valence-corrected chi connectivity index (χ4v) is 1.17. The SMILES string of the molecule is Cc1cc(F)cc(C=CCS)c1O. The predicted molar refractivity (Wildman–Crippen MR) is 55.7 cm³/mol. The van der Waals surface area contributed by atoms with Gasteiger partial charge < -0.3 is 5.11 Å². The fraction of sp³-hybridized carbons (Fsp3) is 0.200. The van der Waals surface area contributed by atoms with Crippen molar-refractivity contribution in [2.45, 2.75) is 6.92 Å². The van der Waals surface area contributed by atoms with Crippen molar-refractivity contribution < 1.29 is 9.50 Å². The first kappa shape index (κ1) is 10.1. The number of phenolic OH excluding ortho intramolecular Hbond substituents is 1. The van der Waals surface area contributed by atoms with E-state index in [1.807, 2.05) is 0 Å². The minimum atomic E-state index is -0.339. The van der Waals surface area contributed by atoms with E-state index in [2.05, 4.69) is 12.6 Å². The minimum absolute atomic E-state index is 0.124. The number of halogens is 1. The normalized spacial score (nSPS) is 11.0. The van der Waals surface area contributed by atoms with Crippen LogP contribution < -0.4 is 0 Å². The predicted octanol–water partition coefficient (Wildman–Crippen LogP) is 2.78. The highest BCUT2D eigenvalue weighted by atomic mass is 32.1. The number of benzene rings is 1. The van der Waals surface area contributed by atoms with Crippen LogP contribution >= 0.6 is 12.6 Å². The molecule has 0 saturated heterocycles. The highest BCUT2D eigenvalue weighted by Crippen LogP contribution is 2.24. The van der Waals surface area contributed by atoms with Crippen LogP contribution in [0.4, 0.5) is 4.39 Å². The maximum Gasteiger partial charge on any atom is 0.125 e. The summed E-state index contributed by atoms with van der Waals surface area (Å²) in [6.45, 7) is 1.66. The lowest BCUT2D eigenvalue weighted by molar-refractivity contribution is 0.467. The third kappa shape index (κ3) is 2.49. The van der Waals surface area contributed by atoms with E-state index in [9.17, 15) is 9.50 Å². The van der Waals surface area contributed by atoms with E-state index in [0.717, 1.165) is 0 Å². The van der Waals surface area contributed by atoms with Gasteiger partial charge in [0.15, 0.2) is 0 Å². The summed E-state index contributed by atoms with van der Waals surface area (Å²) in [5, 5.41) is 9.51. The summed E-state index contributed by atoms with van der Waals surface area (Å²) in [5.74, 6) is 0.350. The Morgan fingerprint density at radius 2 is 2.23 bits per heavy atom. The molecule has 1 rings (SSSR count). The molecule has 1 nitrogen and oxygen atoms in total. The van der Waals surface area contributed by atoms with Gasteiger partial charge in [0.2, 0.25) is 0 Å². The Bertz CT molecular complexity index is 334. The van der Waals surface area contributed by atoms with Crippen LogP contribution in [-0.4, -0.2) is 10.9 Å². The topological polar surface area (TPSA) is 20.2 Å². The monoisotopic (exact) mass is 198 g/mol. The molecule has 0 atom stereocenters. The molecule has 0 radical (unpaired) electrons. The second-order valence-corrected chi connectivity index (χ2v) is 3.11. The first-order chi connectivity index (χ1) is 6.15. The first-order valence-electron chi connectivity index (χ1n) is 3.91. The van der Waals surface area contributed by atoms with Gasteiger partial charge in [-0.3, -0.25) is 0 Å². The van der Waals surface area contributed by atoms with Gasteiger partial charge in [-0.1, -0.05) is 12.2 Å². The lowest BCUT2D eigenvalue weighted by Gasteiger charge is -2.02. The van der Waals surface area contributed by atoms with Crippen molar-refractivity contribution in [3.05, 3.63) is 35.2 Å². The minimum Gasteiger partial charge on any atom is -0.507 e. The van der Waals surface area contributed by atoms with Gasteiger partial charge >= 0.3 is 0 Å². The lowest BCUT2D eigenvalue weighted by atomic mass is 10.1. The number of rotatable bonds is 2. The number of thiol groups is 1. The second kappa shape index (κ2) is 4.33. The van der Waals surface area contributed by atoms with Crippen LogP contribution in [0.1, 0.15) is 11.1 Å². The summed E-state index contributed by atoms with van der Waals surface area (Å²) in [7, 11) is 0. The average molecular weight is 198 g/mol. The van der Waals surface area contributed by atoms with Crippen molar-refractivity contribution >= 4 is 18.7 Å². The Balaban J connectivity index is 3.12. The Labute approximate surface area is 82.3 Å². The third-order valence-electron chi connectivity index (χ3n) is 1.70. The van der Waals surface area contributed by atoms with Crippen LogP contribution in [0.2, 0.25) is 0 Å². The Kier molecular flexibility index (Phi) is 3.37. The maximum absolute atomic E-state index is 12.9. The molecule has 0 aliphatic carbocycles. The van der Waals surface area contributed by atoms with Crippen LogP contribution in [0.25, 0.3) is 6.08 Å². The zero-order valence-electron chi connectivity index (χ0n) is 7.29. The molecule has 0 aliphatic rings. The summed E-state index contributed by atoms with van der Waals surface area (Å²) in [4.78, 5) is 0. The van der Waals surface area contributed by atoms with E-state index in [4.69, 9.17) is 0 Å². The Morgan fingerprint density at radius 3 is 2.85 bits per heavy atom. The van der Waals surface area contributed by atoms with Gasteiger partial charge in [-0.25, -0.2) is 4.39 Å². The number of phenols is 1. The molecule has 13 heavy (non-hydrogen) atoms. The third-order valence-corrected chi connectivity index (χ3v) is 1.91. The molecule has 0 unspecified atom stereocenters. The van der Waals surface area contributed by atoms with E-state index in [1.54, 1.807) is 19.1 Å². The molecule has 0 amide bonds. The molecule has 0 heterocycles. The van der Waals surface area contributed by atoms with E-state index in [-0.39, 0.29) is 11.6 Å². The van der Waals surface area contributed by atoms with E-state index in [1.165, 1.54) is 12.1 Å². The molecular formula is C10H11FOS. The van der Waals surface area contributed by atoms with Crippen LogP contribution in [-0.2, 0) is 0 Å². The standard InChI is InChI=1S/C10H11FOS/c1-7-5-9(11)6-8(10(7)12)3-2-4-13/h2-3,5-6,12-13H,4H2,1H3. The fourth-order valence-electron chi connectivity index (χ4n) is 1.07. The van der Waals surface area contributed by atoms with Gasteiger partial charge in [0.1, 0.15) is 11.6 Å². The zero-order chi connectivity index (χ0) is 9.84. The second-order valence-electron chi connectivity index (χ2n) is 2.75. The van der Waals surface area contributed by atoms with Crippen LogP contribution in [0.5, 0.6) is 5.75 Å². The van der Waals surface area contributed by atoms with E-state index >= 15 is 0 Å². The average Bonchev–Trinajstić information content (AvgIpc) is 2.09. The van der Waals surface area contributed by atoms with Gasteiger partial charge in [0.05, 0.1) is 0 Å². The lowest BCUT2D eigenvalue weighted by Crippen LogP contribution is -1.83. The molecule has 0 bridgehead atoms. The molecule has 0 fully saturated rings. The van der Waals surface area contributed by atoms with Crippen LogP contribution in [0, 0.1) is 12.7 Å². The molecule has 0 aromatic heterocycles. The largest absolute Gasteiger partial charge is 0.507 e. The molecule has 1 aromatic carbocycles. The summed E-state index contributed by atoms with van der Waals surface area (Å²) in [6, 6.07) is 2.59. The van der Waals surface area contributed by atoms with Crippen molar-refractivity contribution in [3.63, 3.8) is 0 Å². The smallest absolute Gasteiger partial charge is 0.125 e. The van der Waals surface area contributed by atoms with Crippen LogP contribution in [0.3, 0.4) is 0 Å². The molecule has 1 N–H and O–H groups in total. The summed E-state index contributed by atoms with van der Waals surface area (Å²) < 4.78 is 12.9. The number of aromatic hydroxyl groups is 1. The molecule has 0 spiro atoms. The van der Waals surface area contributed by atoms with E-state index < -0.39 is 0 Å². The molecular weight excluding hydrogens is 187 g/mol. The van der Waals surface area contributed by atoms with Gasteiger partial charge in [-0.2, -0.15) is 12.6 Å². The number of hydrogen-bond donors (Lipinski definition) is 2. The summed E-state index contributed by atoms with van der Waals surface area (Å²) in [5.41, 5.74) is 1.03. The Hall–Kier alpha value is -0.960. The van der Waals surface area contributed by atoms with Crippen LogP contribution in [0.15, 0.2) is 18.2 Å².